The molecule has 0 bridgehead atoms. The maximum atomic E-state index is 13.4. The normalized spacial score (nSPS) is 21.0. The average Bonchev–Trinajstić information content (AvgIpc) is 2.79. The van der Waals surface area contributed by atoms with Crippen molar-refractivity contribution in [2.45, 2.75) is 23.9 Å². The van der Waals surface area contributed by atoms with Crippen molar-refractivity contribution in [1.29, 1.82) is 0 Å². The molecule has 4 heterocycles. The van der Waals surface area contributed by atoms with Crippen LogP contribution in [0.1, 0.15) is 27.5 Å². The smallest absolute Gasteiger partial charge is 0.256 e. The van der Waals surface area contributed by atoms with E-state index < -0.39 is 5.54 Å². The molecule has 0 radical (unpaired) electrons. The maximum Gasteiger partial charge on any atom is 0.256 e. The Morgan fingerprint density at radius 2 is 1.78 bits per heavy atom. The number of hydrogen-bond acceptors (Lipinski definition) is 5. The van der Waals surface area contributed by atoms with E-state index >= 15 is 0 Å². The van der Waals surface area contributed by atoms with Crippen LogP contribution >= 0.6 is 0 Å². The van der Waals surface area contributed by atoms with Crippen molar-refractivity contribution < 1.29 is 14.7 Å². The molecule has 162 valence electrons. The number of rotatable bonds is 5. The molecule has 0 aliphatic carbocycles. The van der Waals surface area contributed by atoms with Crippen molar-refractivity contribution in [2.75, 3.05) is 19.7 Å². The monoisotopic (exact) mass is 428 g/mol. The third-order valence-electron chi connectivity index (χ3n) is 6.59. The van der Waals surface area contributed by atoms with Crippen molar-refractivity contribution in [3.05, 3.63) is 96.1 Å². The number of pyridine rings is 2. The van der Waals surface area contributed by atoms with Gasteiger partial charge in [0, 0.05) is 43.3 Å². The van der Waals surface area contributed by atoms with Gasteiger partial charge in [-0.3, -0.25) is 19.6 Å². The van der Waals surface area contributed by atoms with Crippen molar-refractivity contribution in [2.24, 2.45) is 0 Å². The van der Waals surface area contributed by atoms with E-state index in [4.69, 9.17) is 0 Å². The van der Waals surface area contributed by atoms with Crippen LogP contribution in [0.4, 0.5) is 0 Å². The van der Waals surface area contributed by atoms with Crippen LogP contribution in [-0.4, -0.2) is 68.0 Å². The summed E-state index contributed by atoms with van der Waals surface area (Å²) in [6.45, 7) is 0.719. The van der Waals surface area contributed by atoms with E-state index in [0.717, 1.165) is 11.3 Å². The fourth-order valence-electron chi connectivity index (χ4n) is 5.18. The second kappa shape index (κ2) is 8.16. The van der Waals surface area contributed by atoms with E-state index in [-0.39, 0.29) is 36.8 Å². The fourth-order valence-corrected chi connectivity index (χ4v) is 5.18. The Kier molecular flexibility index (Phi) is 5.19. The molecule has 2 atom stereocenters. The minimum atomic E-state index is -0.540. The SMILES string of the molecule is O=C(Cc1ccccn1)N1CC2(C1)[C@@H](c1ccccc1)[C@@H](CO)N2C(=O)c1cccnc1. The molecule has 2 aliphatic rings. The van der Waals surface area contributed by atoms with Gasteiger partial charge in [-0.25, -0.2) is 0 Å². The lowest BCUT2D eigenvalue weighted by Crippen LogP contribution is -2.86. The van der Waals surface area contributed by atoms with E-state index in [2.05, 4.69) is 9.97 Å². The molecule has 5 rings (SSSR count). The molecular weight excluding hydrogens is 404 g/mol. The van der Waals surface area contributed by atoms with Gasteiger partial charge in [0.05, 0.1) is 30.2 Å². The van der Waals surface area contributed by atoms with Gasteiger partial charge in [-0.15, -0.1) is 0 Å². The molecular formula is C25H24N4O3. The molecule has 1 aromatic carbocycles. The third-order valence-corrected chi connectivity index (χ3v) is 6.59. The molecule has 1 N–H and O–H groups in total. The number of carbonyl (C=O) groups is 2. The van der Waals surface area contributed by atoms with Gasteiger partial charge in [-0.05, 0) is 29.8 Å². The summed E-state index contributed by atoms with van der Waals surface area (Å²) in [6.07, 6.45) is 5.08. The molecule has 2 amide bonds. The average molecular weight is 428 g/mol. The van der Waals surface area contributed by atoms with E-state index in [1.165, 1.54) is 0 Å². The maximum absolute atomic E-state index is 13.4. The summed E-state index contributed by atoms with van der Waals surface area (Å²) in [7, 11) is 0. The van der Waals surface area contributed by atoms with Gasteiger partial charge in [-0.1, -0.05) is 36.4 Å². The number of aromatic nitrogens is 2. The second-order valence-electron chi connectivity index (χ2n) is 8.41. The van der Waals surface area contributed by atoms with Crippen LogP contribution in [0.15, 0.2) is 79.3 Å². The third kappa shape index (κ3) is 3.26. The van der Waals surface area contributed by atoms with Gasteiger partial charge in [-0.2, -0.15) is 0 Å². The standard InChI is InChI=1S/C25H24N4O3/c30-15-21-23(18-7-2-1-3-8-18)25(29(21)24(32)19-9-6-11-26-14-19)16-28(17-25)22(31)13-20-10-4-5-12-27-20/h1-12,14,21,23,30H,13,15-17H2/t21-,23+/m1/s1. The van der Waals surface area contributed by atoms with Crippen LogP contribution < -0.4 is 0 Å². The summed E-state index contributed by atoms with van der Waals surface area (Å²) in [5.74, 6) is -0.225. The predicted octanol–water partition coefficient (Wildman–Crippen LogP) is 1.90. The minimum absolute atomic E-state index is 0.0117. The number of aliphatic hydroxyl groups is 1. The molecule has 1 spiro atoms. The van der Waals surface area contributed by atoms with Crippen molar-refractivity contribution in [3.63, 3.8) is 0 Å². The lowest BCUT2D eigenvalue weighted by Gasteiger charge is -2.70. The van der Waals surface area contributed by atoms with Gasteiger partial charge in [0.2, 0.25) is 5.91 Å². The Morgan fingerprint density at radius 1 is 1.00 bits per heavy atom. The molecule has 32 heavy (non-hydrogen) atoms. The highest BCUT2D eigenvalue weighted by molar-refractivity contribution is 5.96. The first-order valence-corrected chi connectivity index (χ1v) is 10.7. The highest BCUT2D eigenvalue weighted by Gasteiger charge is 2.68. The second-order valence-corrected chi connectivity index (χ2v) is 8.41. The Hall–Kier alpha value is -3.58. The van der Waals surface area contributed by atoms with E-state index in [9.17, 15) is 14.7 Å². The number of hydrogen-bond donors (Lipinski definition) is 1. The number of benzene rings is 1. The molecule has 2 aromatic heterocycles. The molecule has 2 saturated heterocycles. The van der Waals surface area contributed by atoms with Crippen LogP contribution in [0.5, 0.6) is 0 Å². The first-order valence-electron chi connectivity index (χ1n) is 10.7. The zero-order valence-electron chi connectivity index (χ0n) is 17.5. The lowest BCUT2D eigenvalue weighted by atomic mass is 9.60. The van der Waals surface area contributed by atoms with Gasteiger partial charge >= 0.3 is 0 Å². The molecule has 0 unspecified atom stereocenters. The largest absolute Gasteiger partial charge is 0.394 e. The van der Waals surface area contributed by atoms with Crippen molar-refractivity contribution in [1.82, 2.24) is 19.8 Å². The summed E-state index contributed by atoms with van der Waals surface area (Å²) in [5.41, 5.74) is 1.73. The fraction of sp³-hybridized carbons (Fsp3) is 0.280. The Balaban J connectivity index is 1.42. The first kappa shape index (κ1) is 20.3. The summed E-state index contributed by atoms with van der Waals surface area (Å²) in [6, 6.07) is 18.6. The molecule has 3 aromatic rings. The van der Waals surface area contributed by atoms with Crippen LogP contribution in [0, 0.1) is 0 Å². The lowest BCUT2D eigenvalue weighted by molar-refractivity contribution is -0.178. The van der Waals surface area contributed by atoms with Gasteiger partial charge in [0.1, 0.15) is 0 Å². The number of nitrogens with zero attached hydrogens (tertiary/aromatic N) is 4. The predicted molar refractivity (Wildman–Crippen MR) is 118 cm³/mol. The van der Waals surface area contributed by atoms with Crippen LogP contribution in [-0.2, 0) is 11.2 Å². The van der Waals surface area contributed by atoms with Crippen molar-refractivity contribution >= 4 is 11.8 Å². The number of carbonyl (C=O) groups excluding carboxylic acids is 2. The topological polar surface area (TPSA) is 86.6 Å². The number of aliphatic hydroxyl groups excluding tert-OH is 1. The van der Waals surface area contributed by atoms with Crippen LogP contribution in [0.3, 0.4) is 0 Å². The zero-order valence-corrected chi connectivity index (χ0v) is 17.5. The van der Waals surface area contributed by atoms with E-state index in [1.807, 2.05) is 48.5 Å². The van der Waals surface area contributed by atoms with Crippen LogP contribution in [0.2, 0.25) is 0 Å². The number of likely N-dealkylation sites (tertiary alicyclic amines) is 2. The number of amides is 2. The highest BCUT2D eigenvalue weighted by atomic mass is 16.3. The Labute approximate surface area is 186 Å². The molecule has 0 saturated carbocycles. The summed E-state index contributed by atoms with van der Waals surface area (Å²) in [5, 5.41) is 10.2. The van der Waals surface area contributed by atoms with Gasteiger partial charge < -0.3 is 14.9 Å². The molecule has 2 aliphatic heterocycles. The van der Waals surface area contributed by atoms with Gasteiger partial charge in [0.25, 0.3) is 5.91 Å². The van der Waals surface area contributed by atoms with E-state index in [0.29, 0.717) is 18.7 Å². The first-order chi connectivity index (χ1) is 15.6. The summed E-state index contributed by atoms with van der Waals surface area (Å²) < 4.78 is 0. The highest BCUT2D eigenvalue weighted by Crippen LogP contribution is 2.54. The molecule has 7 nitrogen and oxygen atoms in total. The minimum Gasteiger partial charge on any atom is -0.394 e. The molecule has 2 fully saturated rings. The molecule has 7 heteroatoms. The van der Waals surface area contributed by atoms with Crippen LogP contribution in [0.25, 0.3) is 0 Å². The van der Waals surface area contributed by atoms with E-state index in [1.54, 1.807) is 40.5 Å². The van der Waals surface area contributed by atoms with Crippen molar-refractivity contribution in [3.8, 4) is 0 Å². The quantitative estimate of drug-likeness (QED) is 0.671. The summed E-state index contributed by atoms with van der Waals surface area (Å²) >= 11 is 0. The summed E-state index contributed by atoms with van der Waals surface area (Å²) in [4.78, 5) is 38.2. The van der Waals surface area contributed by atoms with Gasteiger partial charge in [0.15, 0.2) is 0 Å². The Morgan fingerprint density at radius 3 is 2.44 bits per heavy atom. The Bertz CT molecular complexity index is 1100. The zero-order chi connectivity index (χ0) is 22.1.